The quantitative estimate of drug-likeness (QED) is 0.427. The lowest BCUT2D eigenvalue weighted by Crippen LogP contribution is -2.11. The molecule has 1 aliphatic rings. The number of hydrogen-bond acceptors (Lipinski definition) is 7. The summed E-state index contributed by atoms with van der Waals surface area (Å²) in [5.41, 5.74) is 4.01. The summed E-state index contributed by atoms with van der Waals surface area (Å²) in [6.07, 6.45) is 3.22. The first kappa shape index (κ1) is 16.5. The van der Waals surface area contributed by atoms with Crippen molar-refractivity contribution in [2.24, 2.45) is 0 Å². The molecule has 9 nitrogen and oxygen atoms in total. The van der Waals surface area contributed by atoms with Gasteiger partial charge in [-0.1, -0.05) is 6.07 Å². The lowest BCUT2D eigenvalue weighted by Gasteiger charge is -2.10. The second-order valence-electron chi connectivity index (χ2n) is 6.80. The average molecular weight is 398 g/mol. The molecule has 0 spiro atoms. The molecule has 9 heteroatoms. The third-order valence-electron chi connectivity index (χ3n) is 4.98. The molecule has 4 heterocycles. The predicted octanol–water partition coefficient (Wildman–Crippen LogP) is 3.33. The fourth-order valence-corrected chi connectivity index (χ4v) is 3.58. The van der Waals surface area contributed by atoms with Crippen LogP contribution in [0.4, 0.5) is 11.6 Å². The molecule has 0 saturated carbocycles. The number of anilines is 2. The van der Waals surface area contributed by atoms with E-state index in [9.17, 15) is 4.79 Å². The van der Waals surface area contributed by atoms with Crippen LogP contribution < -0.4 is 20.3 Å². The molecule has 6 rings (SSSR count). The molecule has 0 bridgehead atoms. The third-order valence-corrected chi connectivity index (χ3v) is 4.98. The van der Waals surface area contributed by atoms with Gasteiger partial charge in [-0.25, -0.2) is 4.98 Å². The molecule has 0 radical (unpaired) electrons. The normalized spacial score (nSPS) is 12.5. The second kappa shape index (κ2) is 6.31. The van der Waals surface area contributed by atoms with Gasteiger partial charge in [0.05, 0.1) is 11.8 Å². The van der Waals surface area contributed by atoms with Gasteiger partial charge in [-0.3, -0.25) is 14.8 Å². The minimum Gasteiger partial charge on any atom is -0.454 e. The summed E-state index contributed by atoms with van der Waals surface area (Å²) >= 11 is 0. The Hall–Kier alpha value is -4.40. The Morgan fingerprint density at radius 3 is 2.90 bits per heavy atom. The summed E-state index contributed by atoms with van der Waals surface area (Å²) in [6, 6.07) is 13.6. The van der Waals surface area contributed by atoms with Gasteiger partial charge in [0.25, 0.3) is 5.56 Å². The summed E-state index contributed by atoms with van der Waals surface area (Å²) in [6.45, 7) is 0.232. The number of hydrogen-bond donors (Lipinski definition) is 3. The Bertz CT molecular complexity index is 1490. The van der Waals surface area contributed by atoms with Gasteiger partial charge in [0.1, 0.15) is 0 Å². The van der Waals surface area contributed by atoms with Crippen molar-refractivity contribution in [2.45, 2.75) is 0 Å². The van der Waals surface area contributed by atoms with Gasteiger partial charge < -0.3 is 19.8 Å². The highest BCUT2D eigenvalue weighted by molar-refractivity contribution is 5.96. The molecule has 0 unspecified atom stereocenters. The van der Waals surface area contributed by atoms with Gasteiger partial charge in [-0.05, 0) is 47.5 Å². The minimum atomic E-state index is -0.288. The van der Waals surface area contributed by atoms with E-state index in [-0.39, 0.29) is 12.4 Å². The van der Waals surface area contributed by atoms with Crippen LogP contribution in [0.1, 0.15) is 0 Å². The molecule has 3 aromatic heterocycles. The first-order valence-corrected chi connectivity index (χ1v) is 9.24. The van der Waals surface area contributed by atoms with E-state index in [0.717, 1.165) is 39.2 Å². The average Bonchev–Trinajstić information content (AvgIpc) is 3.42. The number of nitrogens with zero attached hydrogens (tertiary/aromatic N) is 3. The summed E-state index contributed by atoms with van der Waals surface area (Å²) < 4.78 is 10.9. The molecule has 1 aliphatic heterocycles. The van der Waals surface area contributed by atoms with Crippen LogP contribution in [-0.4, -0.2) is 31.7 Å². The zero-order valence-electron chi connectivity index (χ0n) is 15.5. The zero-order chi connectivity index (χ0) is 20.1. The van der Waals surface area contributed by atoms with Crippen LogP contribution in [0, 0.1) is 0 Å². The van der Waals surface area contributed by atoms with E-state index in [2.05, 4.69) is 30.2 Å². The lowest BCUT2D eigenvalue weighted by atomic mass is 10.0. The fraction of sp³-hybridized carbons (Fsp3) is 0.0476. The maximum atomic E-state index is 12.2. The van der Waals surface area contributed by atoms with E-state index < -0.39 is 0 Å². The Morgan fingerprint density at radius 2 is 1.93 bits per heavy atom. The fourth-order valence-electron chi connectivity index (χ4n) is 3.58. The van der Waals surface area contributed by atoms with Crippen molar-refractivity contribution < 1.29 is 9.47 Å². The Labute approximate surface area is 168 Å². The van der Waals surface area contributed by atoms with E-state index in [1.165, 1.54) is 6.33 Å². The van der Waals surface area contributed by atoms with E-state index in [0.29, 0.717) is 17.1 Å². The number of pyridine rings is 1. The number of aromatic nitrogens is 5. The van der Waals surface area contributed by atoms with E-state index >= 15 is 0 Å². The molecule has 30 heavy (non-hydrogen) atoms. The second-order valence-corrected chi connectivity index (χ2v) is 6.80. The first-order valence-electron chi connectivity index (χ1n) is 9.24. The number of nitrogens with one attached hydrogen (secondary N) is 3. The predicted molar refractivity (Wildman–Crippen MR) is 111 cm³/mol. The van der Waals surface area contributed by atoms with Crippen LogP contribution in [0.25, 0.3) is 33.2 Å². The van der Waals surface area contributed by atoms with Crippen molar-refractivity contribution in [3.05, 3.63) is 65.3 Å². The van der Waals surface area contributed by atoms with Crippen LogP contribution in [-0.2, 0) is 0 Å². The minimum absolute atomic E-state index is 0.232. The van der Waals surface area contributed by atoms with Crippen molar-refractivity contribution in [1.82, 2.24) is 24.9 Å². The van der Waals surface area contributed by atoms with E-state index in [1.807, 2.05) is 42.5 Å². The number of aromatic amines is 2. The van der Waals surface area contributed by atoms with Crippen LogP contribution in [0.3, 0.4) is 0 Å². The number of fused-ring (bicyclic) bond motifs is 3. The van der Waals surface area contributed by atoms with Gasteiger partial charge in [0.2, 0.25) is 12.7 Å². The highest BCUT2D eigenvalue weighted by Gasteiger charge is 2.15. The monoisotopic (exact) mass is 398 g/mol. The van der Waals surface area contributed by atoms with Crippen molar-refractivity contribution in [2.75, 3.05) is 12.1 Å². The van der Waals surface area contributed by atoms with Gasteiger partial charge >= 0.3 is 0 Å². The smallest absolute Gasteiger partial charge is 0.278 e. The molecule has 2 aromatic carbocycles. The maximum absolute atomic E-state index is 12.2. The van der Waals surface area contributed by atoms with Crippen molar-refractivity contribution >= 4 is 33.7 Å². The molecule has 0 aliphatic carbocycles. The van der Waals surface area contributed by atoms with Crippen LogP contribution >= 0.6 is 0 Å². The largest absolute Gasteiger partial charge is 0.454 e. The van der Waals surface area contributed by atoms with Gasteiger partial charge in [-0.2, -0.15) is 4.98 Å². The molecule has 0 amide bonds. The maximum Gasteiger partial charge on any atom is 0.278 e. The number of imidazole rings is 1. The van der Waals surface area contributed by atoms with E-state index in [4.69, 9.17) is 9.47 Å². The van der Waals surface area contributed by atoms with Crippen LogP contribution in [0.2, 0.25) is 0 Å². The number of rotatable bonds is 3. The number of ether oxygens (including phenoxy) is 2. The first-order chi connectivity index (χ1) is 14.7. The summed E-state index contributed by atoms with van der Waals surface area (Å²) in [7, 11) is 0. The topological polar surface area (TPSA) is 118 Å². The summed E-state index contributed by atoms with van der Waals surface area (Å²) in [5, 5.41) is 4.09. The summed E-state index contributed by atoms with van der Waals surface area (Å²) in [4.78, 5) is 30.5. The molecule has 0 saturated heterocycles. The van der Waals surface area contributed by atoms with Gasteiger partial charge in [0.15, 0.2) is 22.7 Å². The number of benzene rings is 2. The molecule has 5 aromatic rings. The van der Waals surface area contributed by atoms with Crippen molar-refractivity contribution in [3.8, 4) is 22.6 Å². The third kappa shape index (κ3) is 2.64. The van der Waals surface area contributed by atoms with Gasteiger partial charge in [0, 0.05) is 17.3 Å². The molecular weight excluding hydrogens is 384 g/mol. The Balaban J connectivity index is 1.44. The van der Waals surface area contributed by atoms with Crippen molar-refractivity contribution in [1.29, 1.82) is 0 Å². The summed E-state index contributed by atoms with van der Waals surface area (Å²) in [5.74, 6) is 1.77. The Kier molecular flexibility index (Phi) is 3.48. The van der Waals surface area contributed by atoms with Crippen LogP contribution in [0.15, 0.2) is 59.8 Å². The van der Waals surface area contributed by atoms with Crippen LogP contribution in [0.5, 0.6) is 11.5 Å². The highest BCUT2D eigenvalue weighted by Crippen LogP contribution is 2.38. The highest BCUT2D eigenvalue weighted by atomic mass is 16.7. The van der Waals surface area contributed by atoms with Crippen molar-refractivity contribution in [3.63, 3.8) is 0 Å². The number of H-pyrrole nitrogens is 2. The molecule has 3 N–H and O–H groups in total. The van der Waals surface area contributed by atoms with Gasteiger partial charge in [-0.15, -0.1) is 0 Å². The standard InChI is InChI=1S/C21H14N6O3/c28-20-18-19(24-9-23-18)26-21(27-20)25-12-2-3-15-14(8-12)13(5-6-22-15)11-1-4-16-17(7-11)30-10-29-16/h1-9H,10H2,(H3,23,24,25,26,27,28). The van der Waals surface area contributed by atoms with E-state index in [1.54, 1.807) is 6.20 Å². The molecule has 0 atom stereocenters. The zero-order valence-corrected chi connectivity index (χ0v) is 15.5. The Morgan fingerprint density at radius 1 is 1.00 bits per heavy atom. The molecule has 0 fully saturated rings. The molecular formula is C21H14N6O3. The lowest BCUT2D eigenvalue weighted by molar-refractivity contribution is 0.174. The SMILES string of the molecule is O=c1[nH]c(Nc2ccc3nccc(-c4ccc5c(c4)OCO5)c3c2)nc2nc[nH]c12. The molecule has 146 valence electrons.